The van der Waals surface area contributed by atoms with Crippen molar-refractivity contribution in [3.8, 4) is 0 Å². The van der Waals surface area contributed by atoms with Crippen molar-refractivity contribution < 1.29 is 4.79 Å². The Morgan fingerprint density at radius 1 is 1.43 bits per heavy atom. The molecule has 0 aromatic rings. The third-order valence-electron chi connectivity index (χ3n) is 2.38. The Morgan fingerprint density at radius 2 is 2.21 bits per heavy atom. The minimum Gasteiger partial charge on any atom is -0.356 e. The van der Waals surface area contributed by atoms with Crippen molar-refractivity contribution in [2.24, 2.45) is 17.4 Å². The van der Waals surface area contributed by atoms with Gasteiger partial charge in [0.25, 0.3) is 0 Å². The molecule has 0 saturated heterocycles. The Kier molecular flexibility index (Phi) is 4.62. The second-order valence-electron chi connectivity index (χ2n) is 3.68. The van der Waals surface area contributed by atoms with E-state index in [2.05, 4.69) is 5.32 Å². The number of hydrogen-bond donors (Lipinski definition) is 3. The second kappa shape index (κ2) is 5.78. The number of carbonyl (C=O) groups is 1. The number of amides is 1. The molecule has 1 amide bonds. The molecule has 14 heavy (non-hydrogen) atoms. The molecule has 1 aliphatic rings. The summed E-state index contributed by atoms with van der Waals surface area (Å²) in [4.78, 5) is 11.5. The van der Waals surface area contributed by atoms with Crippen molar-refractivity contribution in [2.45, 2.75) is 25.3 Å². The number of nitrogens with one attached hydrogen (secondary N) is 1. The lowest BCUT2D eigenvalue weighted by Crippen LogP contribution is -2.31. The van der Waals surface area contributed by atoms with Crippen molar-refractivity contribution in [2.75, 3.05) is 13.1 Å². The van der Waals surface area contributed by atoms with Crippen molar-refractivity contribution in [1.82, 2.24) is 5.32 Å². The van der Waals surface area contributed by atoms with Gasteiger partial charge in [-0.05, 0) is 25.8 Å². The quantitative estimate of drug-likeness (QED) is 0.420. The summed E-state index contributed by atoms with van der Waals surface area (Å²) in [5, 5.41) is 2.88. The summed E-state index contributed by atoms with van der Waals surface area (Å²) in [5.41, 5.74) is 11.0. The number of rotatable bonds is 5. The predicted octanol–water partition coefficient (Wildman–Crippen LogP) is -0.255. The summed E-state index contributed by atoms with van der Waals surface area (Å²) < 4.78 is 0. The van der Waals surface area contributed by atoms with Crippen LogP contribution in [0.5, 0.6) is 0 Å². The fraction of sp³-hybridized carbons (Fsp3) is 0.700. The van der Waals surface area contributed by atoms with E-state index in [1.54, 1.807) is 0 Å². The molecule has 4 heteroatoms. The van der Waals surface area contributed by atoms with Crippen LogP contribution in [0.3, 0.4) is 0 Å². The van der Waals surface area contributed by atoms with Crippen LogP contribution in [-0.4, -0.2) is 25.0 Å². The van der Waals surface area contributed by atoms with Gasteiger partial charge >= 0.3 is 0 Å². The Bertz CT molecular complexity index is 215. The molecule has 0 aromatic heterocycles. The maximum Gasteiger partial charge on any atom is 0.226 e. The molecule has 0 saturated carbocycles. The highest BCUT2D eigenvalue weighted by molar-refractivity contribution is 5.81. The normalized spacial score (nSPS) is 25.3. The largest absolute Gasteiger partial charge is 0.356 e. The highest BCUT2D eigenvalue weighted by atomic mass is 16.1. The minimum atomic E-state index is -0.0251. The van der Waals surface area contributed by atoms with E-state index >= 15 is 0 Å². The van der Waals surface area contributed by atoms with E-state index in [1.807, 2.05) is 12.2 Å². The summed E-state index contributed by atoms with van der Waals surface area (Å²) >= 11 is 0. The molecule has 1 aliphatic carbocycles. The monoisotopic (exact) mass is 197 g/mol. The average molecular weight is 197 g/mol. The first-order chi connectivity index (χ1) is 6.74. The molecule has 4 nitrogen and oxygen atoms in total. The molecule has 0 aliphatic heterocycles. The van der Waals surface area contributed by atoms with Crippen LogP contribution in [0.1, 0.15) is 19.3 Å². The van der Waals surface area contributed by atoms with Crippen LogP contribution < -0.4 is 16.8 Å². The van der Waals surface area contributed by atoms with E-state index < -0.39 is 0 Å². The zero-order valence-electron chi connectivity index (χ0n) is 8.41. The third kappa shape index (κ3) is 3.47. The van der Waals surface area contributed by atoms with Gasteiger partial charge in [-0.15, -0.1) is 0 Å². The SMILES string of the molecule is NCCCCNC(=O)C1C=CC(N)C1. The molecule has 0 radical (unpaired) electrons. The van der Waals surface area contributed by atoms with Gasteiger partial charge in [-0.3, -0.25) is 4.79 Å². The molecule has 5 N–H and O–H groups in total. The maximum absolute atomic E-state index is 11.5. The smallest absolute Gasteiger partial charge is 0.226 e. The van der Waals surface area contributed by atoms with Gasteiger partial charge in [-0.25, -0.2) is 0 Å². The Hall–Kier alpha value is -0.870. The maximum atomic E-state index is 11.5. The Morgan fingerprint density at radius 3 is 2.79 bits per heavy atom. The highest BCUT2D eigenvalue weighted by Gasteiger charge is 2.21. The summed E-state index contributed by atoms with van der Waals surface area (Å²) in [6.45, 7) is 1.40. The highest BCUT2D eigenvalue weighted by Crippen LogP contribution is 2.15. The van der Waals surface area contributed by atoms with Gasteiger partial charge in [-0.2, -0.15) is 0 Å². The first-order valence-electron chi connectivity index (χ1n) is 5.15. The predicted molar refractivity (Wildman–Crippen MR) is 56.5 cm³/mol. The minimum absolute atomic E-state index is 0.0251. The van der Waals surface area contributed by atoms with Crippen molar-refractivity contribution in [3.63, 3.8) is 0 Å². The third-order valence-corrected chi connectivity index (χ3v) is 2.38. The molecule has 0 aromatic carbocycles. The van der Waals surface area contributed by atoms with Crippen LogP contribution in [0.25, 0.3) is 0 Å². The van der Waals surface area contributed by atoms with Crippen LogP contribution in [0.2, 0.25) is 0 Å². The van der Waals surface area contributed by atoms with Crippen LogP contribution in [0.15, 0.2) is 12.2 Å². The van der Waals surface area contributed by atoms with Crippen molar-refractivity contribution in [1.29, 1.82) is 0 Å². The lowest BCUT2D eigenvalue weighted by molar-refractivity contribution is -0.123. The first-order valence-corrected chi connectivity index (χ1v) is 5.15. The molecule has 0 fully saturated rings. The van der Waals surface area contributed by atoms with Gasteiger partial charge in [0.2, 0.25) is 5.91 Å². The molecular formula is C10H19N3O. The summed E-state index contributed by atoms with van der Waals surface area (Å²) in [7, 11) is 0. The molecule has 1 rings (SSSR count). The molecule has 2 atom stereocenters. The van der Waals surface area contributed by atoms with Crippen LogP contribution in [0.4, 0.5) is 0 Å². The van der Waals surface area contributed by atoms with Crippen LogP contribution >= 0.6 is 0 Å². The van der Waals surface area contributed by atoms with E-state index in [0.29, 0.717) is 6.54 Å². The van der Waals surface area contributed by atoms with Gasteiger partial charge in [-0.1, -0.05) is 12.2 Å². The van der Waals surface area contributed by atoms with E-state index in [0.717, 1.165) is 25.8 Å². The van der Waals surface area contributed by atoms with Gasteiger partial charge < -0.3 is 16.8 Å². The molecule has 80 valence electrons. The molecule has 2 unspecified atom stereocenters. The second-order valence-corrected chi connectivity index (χ2v) is 3.68. The average Bonchev–Trinajstić information content (AvgIpc) is 2.59. The van der Waals surface area contributed by atoms with Gasteiger partial charge in [0.05, 0.1) is 5.92 Å². The zero-order valence-corrected chi connectivity index (χ0v) is 8.41. The van der Waals surface area contributed by atoms with Gasteiger partial charge in [0.1, 0.15) is 0 Å². The first kappa shape index (κ1) is 11.2. The van der Waals surface area contributed by atoms with E-state index in [4.69, 9.17) is 11.5 Å². The molecular weight excluding hydrogens is 178 g/mol. The standard InChI is InChI=1S/C10H19N3O/c11-5-1-2-6-13-10(14)8-3-4-9(12)7-8/h3-4,8-9H,1-2,5-7,11-12H2,(H,13,14). The number of hydrogen-bond acceptors (Lipinski definition) is 3. The van der Waals surface area contributed by atoms with Crippen LogP contribution in [-0.2, 0) is 4.79 Å². The summed E-state index contributed by atoms with van der Waals surface area (Å²) in [6.07, 6.45) is 6.43. The summed E-state index contributed by atoms with van der Waals surface area (Å²) in [5.74, 6) is 0.0640. The number of unbranched alkanes of at least 4 members (excludes halogenated alkanes) is 1. The van der Waals surface area contributed by atoms with E-state index in [-0.39, 0.29) is 17.9 Å². The van der Waals surface area contributed by atoms with Crippen LogP contribution in [0, 0.1) is 5.92 Å². The van der Waals surface area contributed by atoms with Crippen molar-refractivity contribution in [3.05, 3.63) is 12.2 Å². The van der Waals surface area contributed by atoms with Crippen molar-refractivity contribution >= 4 is 5.91 Å². The van der Waals surface area contributed by atoms with E-state index in [1.165, 1.54) is 0 Å². The fourth-order valence-electron chi connectivity index (χ4n) is 1.53. The molecule has 0 spiro atoms. The Labute approximate surface area is 84.7 Å². The molecule has 0 bridgehead atoms. The topological polar surface area (TPSA) is 81.1 Å². The lowest BCUT2D eigenvalue weighted by Gasteiger charge is -2.09. The van der Waals surface area contributed by atoms with E-state index in [9.17, 15) is 4.79 Å². The lowest BCUT2D eigenvalue weighted by atomic mass is 10.1. The summed E-state index contributed by atoms with van der Waals surface area (Å²) in [6, 6.07) is 0.0507. The number of carbonyl (C=O) groups excluding carboxylic acids is 1. The van der Waals surface area contributed by atoms with Gasteiger partial charge in [0.15, 0.2) is 0 Å². The van der Waals surface area contributed by atoms with Gasteiger partial charge in [0, 0.05) is 12.6 Å². The zero-order chi connectivity index (χ0) is 10.4. The fourth-order valence-corrected chi connectivity index (χ4v) is 1.53. The Balaban J connectivity index is 2.13. The number of nitrogens with two attached hydrogens (primary N) is 2. The molecule has 0 heterocycles.